The molecule has 1 aliphatic rings. The number of rotatable bonds is 4. The molecular weight excluding hydrogens is 332 g/mol. The fraction of sp³-hybridized carbons (Fsp3) is 0.462. The summed E-state index contributed by atoms with van der Waals surface area (Å²) in [6.45, 7) is 0.874. The smallest absolute Gasteiger partial charge is 0.244 e. The van der Waals surface area contributed by atoms with E-state index in [1.807, 2.05) is 0 Å². The number of nitrogens with two attached hydrogens (primary N) is 1. The summed E-state index contributed by atoms with van der Waals surface area (Å²) in [4.78, 5) is 0.233. The Balaban J connectivity index is 2.26. The van der Waals surface area contributed by atoms with Gasteiger partial charge >= 0.3 is 0 Å². The van der Waals surface area contributed by atoms with Crippen molar-refractivity contribution in [2.45, 2.75) is 17.7 Å². The van der Waals surface area contributed by atoms with Gasteiger partial charge < -0.3 is 10.8 Å². The Morgan fingerprint density at radius 3 is 2.52 bits per heavy atom. The van der Waals surface area contributed by atoms with E-state index in [0.29, 0.717) is 31.5 Å². The van der Waals surface area contributed by atoms with Crippen molar-refractivity contribution in [2.24, 2.45) is 11.7 Å². The van der Waals surface area contributed by atoms with Crippen LogP contribution in [0.25, 0.3) is 0 Å². The SMILES string of the molecule is NC(=S)c1ccc(S(=O)(=O)N2CCC(CO)CC2)c(Cl)c1. The maximum absolute atomic E-state index is 12.6. The van der Waals surface area contributed by atoms with Crippen molar-refractivity contribution in [2.75, 3.05) is 19.7 Å². The molecule has 0 saturated carbocycles. The first-order valence-electron chi connectivity index (χ1n) is 6.56. The molecule has 1 saturated heterocycles. The highest BCUT2D eigenvalue weighted by Gasteiger charge is 2.30. The van der Waals surface area contributed by atoms with E-state index in [1.165, 1.54) is 16.4 Å². The highest BCUT2D eigenvalue weighted by Crippen LogP contribution is 2.28. The van der Waals surface area contributed by atoms with Gasteiger partial charge in [-0.05, 0) is 30.9 Å². The first-order chi connectivity index (χ1) is 9.86. The molecule has 0 atom stereocenters. The molecule has 2 rings (SSSR count). The predicted molar refractivity (Wildman–Crippen MR) is 85.9 cm³/mol. The molecule has 0 unspecified atom stereocenters. The third-order valence-corrected chi connectivity index (χ3v) is 6.28. The number of aliphatic hydroxyl groups excluding tert-OH is 1. The third kappa shape index (κ3) is 3.54. The minimum atomic E-state index is -3.63. The molecule has 21 heavy (non-hydrogen) atoms. The number of benzene rings is 1. The number of thiocarbonyl (C=S) groups is 1. The van der Waals surface area contributed by atoms with Gasteiger partial charge in [0.15, 0.2) is 0 Å². The first-order valence-corrected chi connectivity index (χ1v) is 8.79. The van der Waals surface area contributed by atoms with E-state index in [0.717, 1.165) is 0 Å². The zero-order valence-corrected chi connectivity index (χ0v) is 13.7. The van der Waals surface area contributed by atoms with Crippen LogP contribution >= 0.6 is 23.8 Å². The molecule has 0 bridgehead atoms. The van der Waals surface area contributed by atoms with Crippen LogP contribution in [0.2, 0.25) is 5.02 Å². The van der Waals surface area contributed by atoms with E-state index in [1.54, 1.807) is 6.07 Å². The zero-order valence-electron chi connectivity index (χ0n) is 11.3. The average molecular weight is 349 g/mol. The Kier molecular flexibility index (Phi) is 5.21. The molecule has 0 aromatic heterocycles. The third-order valence-electron chi connectivity index (χ3n) is 3.67. The molecule has 1 heterocycles. The summed E-state index contributed by atoms with van der Waals surface area (Å²) in [6, 6.07) is 4.46. The Labute approximate surface area is 134 Å². The number of aliphatic hydroxyl groups is 1. The van der Waals surface area contributed by atoms with Gasteiger partial charge in [-0.25, -0.2) is 8.42 Å². The van der Waals surface area contributed by atoms with Gasteiger partial charge in [-0.1, -0.05) is 29.9 Å². The standard InChI is InChI=1S/C13H17ClN2O3S2/c14-11-7-10(13(15)20)1-2-12(11)21(18,19)16-5-3-9(8-17)4-6-16/h1-2,7,9,17H,3-6,8H2,(H2,15,20). The maximum Gasteiger partial charge on any atom is 0.244 e. The fourth-order valence-corrected chi connectivity index (χ4v) is 4.45. The van der Waals surface area contributed by atoms with Crippen LogP contribution in [0, 0.1) is 5.92 Å². The van der Waals surface area contributed by atoms with Crippen LogP contribution in [0.1, 0.15) is 18.4 Å². The second kappa shape index (κ2) is 6.58. The van der Waals surface area contributed by atoms with Crippen LogP contribution in [0.3, 0.4) is 0 Å². The molecule has 116 valence electrons. The second-order valence-corrected chi connectivity index (χ2v) is 7.79. The Hall–Kier alpha value is -0.730. The van der Waals surface area contributed by atoms with Crippen molar-refractivity contribution in [1.29, 1.82) is 0 Å². The number of hydrogen-bond acceptors (Lipinski definition) is 4. The molecule has 1 fully saturated rings. The van der Waals surface area contributed by atoms with E-state index in [9.17, 15) is 8.42 Å². The van der Waals surface area contributed by atoms with E-state index < -0.39 is 10.0 Å². The topological polar surface area (TPSA) is 83.6 Å². The Morgan fingerprint density at radius 2 is 2.05 bits per heavy atom. The predicted octanol–water partition coefficient (Wildman–Crippen LogP) is 1.37. The van der Waals surface area contributed by atoms with Crippen molar-refractivity contribution >= 4 is 38.8 Å². The van der Waals surface area contributed by atoms with Crippen LogP contribution in [-0.2, 0) is 10.0 Å². The van der Waals surface area contributed by atoms with Crippen LogP contribution in [-0.4, -0.2) is 42.5 Å². The molecular formula is C13H17ClN2O3S2. The number of nitrogens with zero attached hydrogens (tertiary/aromatic N) is 1. The fourth-order valence-electron chi connectivity index (χ4n) is 2.33. The summed E-state index contributed by atoms with van der Waals surface area (Å²) < 4.78 is 26.6. The number of piperidine rings is 1. The van der Waals surface area contributed by atoms with Crippen LogP contribution < -0.4 is 5.73 Å². The molecule has 0 aliphatic carbocycles. The molecule has 0 amide bonds. The summed E-state index contributed by atoms with van der Waals surface area (Å²) in [5.41, 5.74) is 6.04. The van der Waals surface area contributed by atoms with Gasteiger partial charge in [0, 0.05) is 25.3 Å². The van der Waals surface area contributed by atoms with Crippen molar-refractivity contribution in [3.05, 3.63) is 28.8 Å². The van der Waals surface area contributed by atoms with Gasteiger partial charge in [-0.15, -0.1) is 0 Å². The van der Waals surface area contributed by atoms with E-state index >= 15 is 0 Å². The molecule has 3 N–H and O–H groups in total. The molecule has 0 spiro atoms. The molecule has 1 aromatic carbocycles. The summed E-state index contributed by atoms with van der Waals surface area (Å²) in [7, 11) is -3.63. The van der Waals surface area contributed by atoms with Gasteiger partial charge in [-0.2, -0.15) is 4.31 Å². The molecule has 0 radical (unpaired) electrons. The lowest BCUT2D eigenvalue weighted by Gasteiger charge is -2.30. The molecule has 5 nitrogen and oxygen atoms in total. The summed E-state index contributed by atoms with van der Waals surface area (Å²) in [6.07, 6.45) is 1.30. The maximum atomic E-state index is 12.6. The van der Waals surface area contributed by atoms with Crippen LogP contribution in [0.15, 0.2) is 23.1 Å². The largest absolute Gasteiger partial charge is 0.396 e. The van der Waals surface area contributed by atoms with Gasteiger partial charge in [0.25, 0.3) is 0 Å². The van der Waals surface area contributed by atoms with E-state index in [4.69, 9.17) is 34.7 Å². The highest BCUT2D eigenvalue weighted by atomic mass is 35.5. The van der Waals surface area contributed by atoms with Crippen molar-refractivity contribution in [3.63, 3.8) is 0 Å². The van der Waals surface area contributed by atoms with E-state index in [-0.39, 0.29) is 27.4 Å². The molecule has 1 aliphatic heterocycles. The molecule has 1 aromatic rings. The highest BCUT2D eigenvalue weighted by molar-refractivity contribution is 7.89. The van der Waals surface area contributed by atoms with Gasteiger partial charge in [0.2, 0.25) is 10.0 Å². The first kappa shape index (κ1) is 16.6. The Bertz CT molecular complexity index is 641. The lowest BCUT2D eigenvalue weighted by Crippen LogP contribution is -2.39. The quantitative estimate of drug-likeness (QED) is 0.803. The number of halogens is 1. The van der Waals surface area contributed by atoms with Gasteiger partial charge in [-0.3, -0.25) is 0 Å². The van der Waals surface area contributed by atoms with Crippen LogP contribution in [0.5, 0.6) is 0 Å². The van der Waals surface area contributed by atoms with Crippen molar-refractivity contribution < 1.29 is 13.5 Å². The molecule has 8 heteroatoms. The average Bonchev–Trinajstić information content (AvgIpc) is 2.46. The van der Waals surface area contributed by atoms with Gasteiger partial charge in [0.1, 0.15) is 9.88 Å². The zero-order chi connectivity index (χ0) is 15.6. The monoisotopic (exact) mass is 348 g/mol. The van der Waals surface area contributed by atoms with Crippen LogP contribution in [0.4, 0.5) is 0 Å². The Morgan fingerprint density at radius 1 is 1.43 bits per heavy atom. The lowest BCUT2D eigenvalue weighted by molar-refractivity contribution is 0.170. The minimum Gasteiger partial charge on any atom is -0.396 e. The normalized spacial score (nSPS) is 17.8. The number of hydrogen-bond donors (Lipinski definition) is 2. The summed E-state index contributed by atoms with van der Waals surface area (Å²) in [5.74, 6) is 0.170. The summed E-state index contributed by atoms with van der Waals surface area (Å²) in [5, 5.41) is 9.23. The van der Waals surface area contributed by atoms with Crippen molar-refractivity contribution in [1.82, 2.24) is 4.31 Å². The lowest BCUT2D eigenvalue weighted by atomic mass is 10.00. The van der Waals surface area contributed by atoms with Gasteiger partial charge in [0.05, 0.1) is 5.02 Å². The van der Waals surface area contributed by atoms with Crippen molar-refractivity contribution in [3.8, 4) is 0 Å². The summed E-state index contributed by atoms with van der Waals surface area (Å²) >= 11 is 10.9. The number of sulfonamides is 1. The second-order valence-electron chi connectivity index (χ2n) is 5.04. The minimum absolute atomic E-state index is 0.0617. The van der Waals surface area contributed by atoms with E-state index in [2.05, 4.69) is 0 Å².